The maximum atomic E-state index is 11.2. The summed E-state index contributed by atoms with van der Waals surface area (Å²) in [7, 11) is -0.568. The number of nitrogens with two attached hydrogens (primary N) is 1. The third kappa shape index (κ3) is 3.82. The summed E-state index contributed by atoms with van der Waals surface area (Å²) in [5.41, 5.74) is 8.04. The van der Waals surface area contributed by atoms with Crippen LogP contribution in [-0.2, 0) is 17.2 Å². The molecule has 1 aliphatic heterocycles. The minimum absolute atomic E-state index is 0.568. The smallest absolute Gasteiger partial charge is 0.0363 e. The second-order valence-electron chi connectivity index (χ2n) is 4.49. The van der Waals surface area contributed by atoms with Crippen LogP contribution in [0, 0.1) is 0 Å². The third-order valence-electron chi connectivity index (χ3n) is 3.25. The SMILES string of the molecule is Nc1ccccc1CCCN1CCS(=O)CC1. The van der Waals surface area contributed by atoms with E-state index in [2.05, 4.69) is 11.0 Å². The van der Waals surface area contributed by atoms with Gasteiger partial charge in [-0.05, 0) is 31.0 Å². The van der Waals surface area contributed by atoms with Crippen LogP contribution in [-0.4, -0.2) is 40.2 Å². The van der Waals surface area contributed by atoms with Gasteiger partial charge in [-0.25, -0.2) is 0 Å². The Balaban J connectivity index is 1.73. The molecule has 94 valence electrons. The van der Waals surface area contributed by atoms with Crippen molar-refractivity contribution in [2.75, 3.05) is 36.9 Å². The van der Waals surface area contributed by atoms with Crippen LogP contribution in [0.2, 0.25) is 0 Å². The highest BCUT2D eigenvalue weighted by Crippen LogP contribution is 2.13. The number of anilines is 1. The van der Waals surface area contributed by atoms with Crippen molar-refractivity contribution in [1.29, 1.82) is 0 Å². The molecule has 1 aliphatic rings. The number of hydrogen-bond donors (Lipinski definition) is 1. The van der Waals surface area contributed by atoms with E-state index in [1.807, 2.05) is 18.2 Å². The normalized spacial score (nSPS) is 18.4. The van der Waals surface area contributed by atoms with Crippen LogP contribution >= 0.6 is 0 Å². The molecule has 1 aromatic carbocycles. The van der Waals surface area contributed by atoms with E-state index in [9.17, 15) is 4.21 Å². The summed E-state index contributed by atoms with van der Waals surface area (Å²) in [5, 5.41) is 0. The predicted molar refractivity (Wildman–Crippen MR) is 73.5 cm³/mol. The standard InChI is InChI=1S/C13H20N2OS/c14-13-6-2-1-4-12(13)5-3-7-15-8-10-17(16)11-9-15/h1-2,4,6H,3,5,7-11,14H2. The fourth-order valence-corrected chi connectivity index (χ4v) is 3.28. The predicted octanol–water partition coefficient (Wildman–Crippen LogP) is 1.27. The Bertz CT molecular complexity index is 385. The Morgan fingerprint density at radius 3 is 2.65 bits per heavy atom. The molecule has 0 bridgehead atoms. The molecular weight excluding hydrogens is 232 g/mol. The topological polar surface area (TPSA) is 46.3 Å². The first-order chi connectivity index (χ1) is 8.25. The first kappa shape index (κ1) is 12.6. The van der Waals surface area contributed by atoms with Crippen molar-refractivity contribution >= 4 is 16.5 Å². The lowest BCUT2D eigenvalue weighted by molar-refractivity contribution is 0.296. The van der Waals surface area contributed by atoms with Gasteiger partial charge in [-0.2, -0.15) is 0 Å². The lowest BCUT2D eigenvalue weighted by Gasteiger charge is -2.25. The molecule has 0 atom stereocenters. The van der Waals surface area contributed by atoms with E-state index in [1.165, 1.54) is 5.56 Å². The zero-order chi connectivity index (χ0) is 12.1. The van der Waals surface area contributed by atoms with Gasteiger partial charge in [0.1, 0.15) is 0 Å². The molecule has 17 heavy (non-hydrogen) atoms. The summed E-state index contributed by atoms with van der Waals surface area (Å²) in [5.74, 6) is 1.68. The van der Waals surface area contributed by atoms with Gasteiger partial charge in [-0.3, -0.25) is 4.21 Å². The number of aryl methyl sites for hydroxylation is 1. The van der Waals surface area contributed by atoms with E-state index >= 15 is 0 Å². The highest BCUT2D eigenvalue weighted by atomic mass is 32.2. The summed E-state index contributed by atoms with van der Waals surface area (Å²) >= 11 is 0. The van der Waals surface area contributed by atoms with E-state index < -0.39 is 10.8 Å². The van der Waals surface area contributed by atoms with Crippen molar-refractivity contribution < 1.29 is 4.21 Å². The van der Waals surface area contributed by atoms with E-state index in [1.54, 1.807) is 0 Å². The van der Waals surface area contributed by atoms with Gasteiger partial charge in [-0.15, -0.1) is 0 Å². The van der Waals surface area contributed by atoms with Crippen molar-refractivity contribution in [2.45, 2.75) is 12.8 Å². The molecule has 0 saturated carbocycles. The van der Waals surface area contributed by atoms with Gasteiger partial charge >= 0.3 is 0 Å². The van der Waals surface area contributed by atoms with Crippen molar-refractivity contribution in [3.8, 4) is 0 Å². The van der Waals surface area contributed by atoms with Crippen molar-refractivity contribution in [2.24, 2.45) is 0 Å². The molecule has 0 spiro atoms. The molecule has 2 rings (SSSR count). The largest absolute Gasteiger partial charge is 0.399 e. The molecule has 2 N–H and O–H groups in total. The second-order valence-corrected chi connectivity index (χ2v) is 6.19. The number of nitrogen functional groups attached to an aromatic ring is 1. The lowest BCUT2D eigenvalue weighted by Crippen LogP contribution is -2.38. The monoisotopic (exact) mass is 252 g/mol. The Kier molecular flexibility index (Phi) is 4.57. The molecule has 1 fully saturated rings. The zero-order valence-electron chi connectivity index (χ0n) is 10.1. The second kappa shape index (κ2) is 6.17. The zero-order valence-corrected chi connectivity index (χ0v) is 10.9. The Morgan fingerprint density at radius 2 is 1.94 bits per heavy atom. The number of hydrogen-bond acceptors (Lipinski definition) is 3. The first-order valence-corrected chi connectivity index (χ1v) is 7.65. The van der Waals surface area contributed by atoms with Crippen molar-refractivity contribution in [1.82, 2.24) is 4.90 Å². The van der Waals surface area contributed by atoms with Gasteiger partial charge in [-0.1, -0.05) is 18.2 Å². The number of nitrogens with zero attached hydrogens (tertiary/aromatic N) is 1. The van der Waals surface area contributed by atoms with Gasteiger partial charge in [0.05, 0.1) is 0 Å². The molecule has 0 amide bonds. The van der Waals surface area contributed by atoms with Crippen molar-refractivity contribution in [3.63, 3.8) is 0 Å². The molecular formula is C13H20N2OS. The molecule has 0 radical (unpaired) electrons. The highest BCUT2D eigenvalue weighted by molar-refractivity contribution is 7.85. The molecule has 3 nitrogen and oxygen atoms in total. The lowest BCUT2D eigenvalue weighted by atomic mass is 10.1. The summed E-state index contributed by atoms with van der Waals surface area (Å²) in [6, 6.07) is 8.06. The summed E-state index contributed by atoms with van der Waals surface area (Å²) < 4.78 is 11.2. The molecule has 0 unspecified atom stereocenters. The quantitative estimate of drug-likeness (QED) is 0.821. The van der Waals surface area contributed by atoms with Gasteiger partial charge < -0.3 is 10.6 Å². The Hall–Kier alpha value is -0.870. The summed E-state index contributed by atoms with van der Waals surface area (Å²) in [4.78, 5) is 2.40. The number of para-hydroxylation sites is 1. The van der Waals surface area contributed by atoms with Crippen LogP contribution in [0.3, 0.4) is 0 Å². The van der Waals surface area contributed by atoms with E-state index in [0.29, 0.717) is 0 Å². The molecule has 0 aromatic heterocycles. The minimum atomic E-state index is -0.568. The van der Waals surface area contributed by atoms with Gasteiger partial charge in [0.15, 0.2) is 0 Å². The molecule has 4 heteroatoms. The van der Waals surface area contributed by atoms with Crippen molar-refractivity contribution in [3.05, 3.63) is 29.8 Å². The van der Waals surface area contributed by atoms with Crippen LogP contribution in [0.4, 0.5) is 5.69 Å². The molecule has 1 aromatic rings. The van der Waals surface area contributed by atoms with Gasteiger partial charge in [0.25, 0.3) is 0 Å². The first-order valence-electron chi connectivity index (χ1n) is 6.16. The summed E-state index contributed by atoms with van der Waals surface area (Å²) in [6.45, 7) is 3.05. The fraction of sp³-hybridized carbons (Fsp3) is 0.538. The maximum Gasteiger partial charge on any atom is 0.0363 e. The van der Waals surface area contributed by atoms with Crippen LogP contribution in [0.25, 0.3) is 0 Å². The fourth-order valence-electron chi connectivity index (χ4n) is 2.15. The number of benzene rings is 1. The van der Waals surface area contributed by atoms with Crippen LogP contribution in [0.15, 0.2) is 24.3 Å². The van der Waals surface area contributed by atoms with Crippen LogP contribution in [0.5, 0.6) is 0 Å². The van der Waals surface area contributed by atoms with E-state index in [-0.39, 0.29) is 0 Å². The average Bonchev–Trinajstić information content (AvgIpc) is 2.34. The Labute approximate surface area is 105 Å². The molecule has 0 aliphatic carbocycles. The molecule has 1 saturated heterocycles. The van der Waals surface area contributed by atoms with Crippen LogP contribution in [0.1, 0.15) is 12.0 Å². The van der Waals surface area contributed by atoms with Gasteiger partial charge in [0, 0.05) is 41.1 Å². The minimum Gasteiger partial charge on any atom is -0.399 e. The maximum absolute atomic E-state index is 11.2. The van der Waals surface area contributed by atoms with Crippen LogP contribution < -0.4 is 5.73 Å². The average molecular weight is 252 g/mol. The van der Waals surface area contributed by atoms with E-state index in [4.69, 9.17) is 5.73 Å². The van der Waals surface area contributed by atoms with E-state index in [0.717, 1.165) is 49.7 Å². The third-order valence-corrected chi connectivity index (χ3v) is 4.52. The number of rotatable bonds is 4. The summed E-state index contributed by atoms with van der Waals surface area (Å²) in [6.07, 6.45) is 2.16. The molecule has 1 heterocycles. The highest BCUT2D eigenvalue weighted by Gasteiger charge is 2.14. The van der Waals surface area contributed by atoms with Gasteiger partial charge in [0.2, 0.25) is 0 Å². The Morgan fingerprint density at radius 1 is 1.24 bits per heavy atom.